The van der Waals surface area contributed by atoms with Gasteiger partial charge in [-0.15, -0.1) is 0 Å². The summed E-state index contributed by atoms with van der Waals surface area (Å²) >= 11 is 0. The quantitative estimate of drug-likeness (QED) is 0.320. The summed E-state index contributed by atoms with van der Waals surface area (Å²) in [5.74, 6) is 0. The molecule has 0 radical (unpaired) electrons. The van der Waals surface area contributed by atoms with Gasteiger partial charge in [0.25, 0.3) is 0 Å². The monoisotopic (exact) mass is 180 g/mol. The van der Waals surface area contributed by atoms with Crippen LogP contribution in [-0.4, -0.2) is 88.0 Å². The first-order valence-corrected chi connectivity index (χ1v) is 0. The Balaban J connectivity index is 0. The van der Waals surface area contributed by atoms with Crippen LogP contribution in [0.15, 0.2) is 0 Å². The predicted octanol–water partition coefficient (Wildman–Crippen LogP) is -6.29. The SMILES string of the molecule is O.O.O.O.O.O.[AlH3].[Ca+2].[H-].[H-]. The average Bonchev–Trinajstić information content (AvgIpc) is 0. The Morgan fingerprint density at radius 1 is 0.500 bits per heavy atom. The second kappa shape index (κ2) is 202. The molecule has 8 heavy (non-hydrogen) atoms. The van der Waals surface area contributed by atoms with Crippen LogP contribution in [-0.2, 0) is 0 Å². The minimum atomic E-state index is 0. The Hall–Kier alpha value is 1.55. The third-order valence-corrected chi connectivity index (χ3v) is 0. The first-order valence-electron chi connectivity index (χ1n) is 0. The first kappa shape index (κ1) is 290. The summed E-state index contributed by atoms with van der Waals surface area (Å²) in [6, 6.07) is 0. The summed E-state index contributed by atoms with van der Waals surface area (Å²) < 4.78 is 0. The van der Waals surface area contributed by atoms with Gasteiger partial charge in [-0.3, -0.25) is 0 Å². The molecule has 6 nitrogen and oxygen atoms in total. The molecule has 0 rings (SSSR count). The van der Waals surface area contributed by atoms with E-state index in [1.54, 1.807) is 0 Å². The van der Waals surface area contributed by atoms with Gasteiger partial charge in [0.15, 0.2) is 17.4 Å². The minimum absolute atomic E-state index is 0. The largest absolute Gasteiger partial charge is 2.00 e. The molecule has 58 valence electrons. The van der Waals surface area contributed by atoms with Crippen LogP contribution in [0.3, 0.4) is 0 Å². The number of hydrogen-bond acceptors (Lipinski definition) is 0. The second-order valence-corrected chi connectivity index (χ2v) is 0. The van der Waals surface area contributed by atoms with Gasteiger partial charge in [0.1, 0.15) is 0 Å². The van der Waals surface area contributed by atoms with Crippen LogP contribution >= 0.6 is 0 Å². The van der Waals surface area contributed by atoms with E-state index < -0.39 is 0 Å². The molecule has 0 saturated heterocycles. The summed E-state index contributed by atoms with van der Waals surface area (Å²) in [6.07, 6.45) is 0. The van der Waals surface area contributed by atoms with E-state index in [9.17, 15) is 0 Å². The van der Waals surface area contributed by atoms with E-state index in [0.29, 0.717) is 0 Å². The molecule has 0 saturated carbocycles. The van der Waals surface area contributed by atoms with E-state index >= 15 is 0 Å². The summed E-state index contributed by atoms with van der Waals surface area (Å²) in [5.41, 5.74) is 0. The molecule has 0 fully saturated rings. The van der Waals surface area contributed by atoms with Crippen molar-refractivity contribution in [3.63, 3.8) is 0 Å². The Kier molecular flexibility index (Phi) is 7340. The van der Waals surface area contributed by atoms with Crippen LogP contribution < -0.4 is 0 Å². The van der Waals surface area contributed by atoms with Gasteiger partial charge < -0.3 is 35.7 Å². The Bertz CT molecular complexity index is 15.7. The molecular formula is H17AlCaO6. The Morgan fingerprint density at radius 3 is 0.500 bits per heavy atom. The molecule has 12 N–H and O–H groups in total. The Morgan fingerprint density at radius 2 is 0.500 bits per heavy atom. The van der Waals surface area contributed by atoms with Crippen LogP contribution in [0.1, 0.15) is 2.85 Å². The van der Waals surface area contributed by atoms with Gasteiger partial charge >= 0.3 is 37.7 Å². The van der Waals surface area contributed by atoms with Crippen LogP contribution in [0, 0.1) is 0 Å². The van der Waals surface area contributed by atoms with Crippen molar-refractivity contribution in [3.8, 4) is 0 Å². The zero-order chi connectivity index (χ0) is 0. The molecule has 0 amide bonds. The smallest absolute Gasteiger partial charge is 1.00 e. The van der Waals surface area contributed by atoms with Crippen molar-refractivity contribution in [2.45, 2.75) is 0 Å². The number of hydrogen-bond donors (Lipinski definition) is 0. The molecule has 0 aliphatic carbocycles. The van der Waals surface area contributed by atoms with Gasteiger partial charge in [0.2, 0.25) is 0 Å². The molecule has 0 spiro atoms. The van der Waals surface area contributed by atoms with Gasteiger partial charge in [0, 0.05) is 0 Å². The first-order chi connectivity index (χ1) is 0. The van der Waals surface area contributed by atoms with E-state index in [4.69, 9.17) is 0 Å². The maximum Gasteiger partial charge on any atom is 2.00 e. The fourth-order valence-electron chi connectivity index (χ4n) is 0. The van der Waals surface area contributed by atoms with Crippen LogP contribution in [0.4, 0.5) is 0 Å². The molecule has 0 aromatic heterocycles. The maximum atomic E-state index is 0. The molecule has 0 heterocycles. The van der Waals surface area contributed by atoms with Crippen LogP contribution in [0.25, 0.3) is 0 Å². The zero-order valence-electron chi connectivity index (χ0n) is 5.71. The average molecular weight is 180 g/mol. The van der Waals surface area contributed by atoms with Crippen molar-refractivity contribution >= 4 is 55.1 Å². The van der Waals surface area contributed by atoms with E-state index in [1.807, 2.05) is 0 Å². The minimum Gasteiger partial charge on any atom is -1.00 e. The molecule has 8 heteroatoms. The molecule has 0 unspecified atom stereocenters. The van der Waals surface area contributed by atoms with E-state index in [-0.39, 0.29) is 90.8 Å². The second-order valence-electron chi connectivity index (χ2n) is 0. The van der Waals surface area contributed by atoms with Crippen molar-refractivity contribution in [1.82, 2.24) is 0 Å². The van der Waals surface area contributed by atoms with Gasteiger partial charge in [-0.1, -0.05) is 0 Å². The maximum absolute atomic E-state index is 0. The molecule has 0 aliphatic heterocycles. The summed E-state index contributed by atoms with van der Waals surface area (Å²) in [5, 5.41) is 0. The molecule has 0 atom stereocenters. The van der Waals surface area contributed by atoms with E-state index in [1.165, 1.54) is 0 Å². The molecule has 0 aromatic rings. The van der Waals surface area contributed by atoms with Crippen LogP contribution in [0.5, 0.6) is 0 Å². The fourth-order valence-corrected chi connectivity index (χ4v) is 0. The standard InChI is InChI=1S/Al.Ca.6H2O.5H/h;;6*1H2;;;;;/q;+2;;;;;;;;;;2*-1. The molecule has 0 aromatic carbocycles. The van der Waals surface area contributed by atoms with E-state index in [2.05, 4.69) is 0 Å². The number of rotatable bonds is 0. The summed E-state index contributed by atoms with van der Waals surface area (Å²) in [7, 11) is 0. The van der Waals surface area contributed by atoms with Gasteiger partial charge in [0.05, 0.1) is 0 Å². The van der Waals surface area contributed by atoms with E-state index in [0.717, 1.165) is 0 Å². The van der Waals surface area contributed by atoms with Crippen LogP contribution in [0.2, 0.25) is 0 Å². The summed E-state index contributed by atoms with van der Waals surface area (Å²) in [4.78, 5) is 0. The van der Waals surface area contributed by atoms with Crippen molar-refractivity contribution in [1.29, 1.82) is 0 Å². The zero-order valence-corrected chi connectivity index (χ0v) is 5.92. The molecular weight excluding hydrogens is 163 g/mol. The molecule has 0 aliphatic rings. The predicted molar refractivity (Wildman–Crippen MR) is 39.6 cm³/mol. The van der Waals surface area contributed by atoms with Crippen molar-refractivity contribution in [2.24, 2.45) is 0 Å². The van der Waals surface area contributed by atoms with Crippen molar-refractivity contribution < 1.29 is 35.7 Å². The van der Waals surface area contributed by atoms with Crippen molar-refractivity contribution in [3.05, 3.63) is 0 Å². The van der Waals surface area contributed by atoms with Gasteiger partial charge in [-0.2, -0.15) is 0 Å². The normalized spacial score (nSPS) is 0. The Labute approximate surface area is 90.2 Å². The summed E-state index contributed by atoms with van der Waals surface area (Å²) in [6.45, 7) is 0. The van der Waals surface area contributed by atoms with Crippen molar-refractivity contribution in [2.75, 3.05) is 0 Å². The third kappa shape index (κ3) is 135. The van der Waals surface area contributed by atoms with Gasteiger partial charge in [-0.25, -0.2) is 0 Å². The fraction of sp³-hybridized carbons (Fsp3) is 0. The third-order valence-electron chi connectivity index (χ3n) is 0. The topological polar surface area (TPSA) is 189 Å². The molecule has 0 bridgehead atoms. The van der Waals surface area contributed by atoms with Gasteiger partial charge in [-0.05, 0) is 0 Å².